The fourth-order valence-electron chi connectivity index (χ4n) is 1.10. The van der Waals surface area contributed by atoms with Crippen LogP contribution in [-0.2, 0) is 10.1 Å². The molecule has 0 aromatic heterocycles. The minimum Gasteiger partial charge on any atom is -0.327 e. The molecule has 0 saturated carbocycles. The lowest BCUT2D eigenvalue weighted by atomic mass is 10.0. The van der Waals surface area contributed by atoms with Crippen LogP contribution in [0.5, 0.6) is 0 Å². The average Bonchev–Trinajstić information content (AvgIpc) is 1.79. The van der Waals surface area contributed by atoms with Gasteiger partial charge in [-0.15, -0.1) is 0 Å². The highest BCUT2D eigenvalue weighted by Gasteiger charge is 2.45. The summed E-state index contributed by atoms with van der Waals surface area (Å²) in [6.07, 6.45) is -0.769. The lowest BCUT2D eigenvalue weighted by Gasteiger charge is -2.19. The van der Waals surface area contributed by atoms with Crippen molar-refractivity contribution in [3.63, 3.8) is 0 Å². The van der Waals surface area contributed by atoms with Gasteiger partial charge in [-0.05, 0) is 12.3 Å². The third kappa shape index (κ3) is 4.30. The maximum Gasteiger partial charge on any atom is 0.371 e. The Kier molecular flexibility index (Phi) is 4.41. The van der Waals surface area contributed by atoms with Gasteiger partial charge >= 0.3 is 15.4 Å². The van der Waals surface area contributed by atoms with E-state index in [2.05, 4.69) is 0 Å². The molecule has 0 aromatic carbocycles. The van der Waals surface area contributed by atoms with Gasteiger partial charge in [0.25, 0.3) is 0 Å². The molecular formula is C7H15F2NO3S. The third-order valence-corrected chi connectivity index (χ3v) is 2.57. The minimum absolute atomic E-state index is 0.0993. The maximum absolute atomic E-state index is 12.7. The molecule has 0 aliphatic heterocycles. The normalized spacial score (nSPS) is 15.9. The summed E-state index contributed by atoms with van der Waals surface area (Å²) in [6, 6.07) is -0.938. The predicted octanol–water partition coefficient (Wildman–Crippen LogP) is 1.23. The molecule has 0 bridgehead atoms. The van der Waals surface area contributed by atoms with Crippen LogP contribution in [-0.4, -0.2) is 24.3 Å². The topological polar surface area (TPSA) is 80.4 Å². The molecule has 0 saturated heterocycles. The van der Waals surface area contributed by atoms with Crippen molar-refractivity contribution in [1.82, 2.24) is 0 Å². The molecule has 0 aromatic rings. The Hall–Kier alpha value is -0.270. The summed E-state index contributed by atoms with van der Waals surface area (Å²) < 4.78 is 54.1. The summed E-state index contributed by atoms with van der Waals surface area (Å²) in [7, 11) is -5.35. The molecule has 0 fully saturated rings. The van der Waals surface area contributed by atoms with Gasteiger partial charge in [0.15, 0.2) is 0 Å². The van der Waals surface area contributed by atoms with Crippen LogP contribution in [0.25, 0.3) is 0 Å². The molecule has 4 nitrogen and oxygen atoms in total. The van der Waals surface area contributed by atoms with E-state index in [9.17, 15) is 17.2 Å². The van der Waals surface area contributed by atoms with E-state index >= 15 is 0 Å². The number of hydrogen-bond donors (Lipinski definition) is 2. The van der Waals surface area contributed by atoms with Crippen molar-refractivity contribution in [2.24, 2.45) is 11.7 Å². The smallest absolute Gasteiger partial charge is 0.327 e. The summed E-state index contributed by atoms with van der Waals surface area (Å²) in [5.41, 5.74) is 5.30. The molecule has 7 heteroatoms. The largest absolute Gasteiger partial charge is 0.371 e. The molecule has 0 spiro atoms. The highest BCUT2D eigenvalue weighted by atomic mass is 32.2. The SMILES string of the molecule is CC(C)C[C@@H](N)CC(F)(F)S(=O)(=O)O. The van der Waals surface area contributed by atoms with Crippen LogP contribution >= 0.6 is 0 Å². The Labute approximate surface area is 82.2 Å². The number of alkyl halides is 2. The van der Waals surface area contributed by atoms with Gasteiger partial charge in [-0.1, -0.05) is 13.8 Å². The van der Waals surface area contributed by atoms with E-state index in [-0.39, 0.29) is 12.3 Å². The van der Waals surface area contributed by atoms with E-state index in [0.717, 1.165) is 0 Å². The fourth-order valence-corrected chi connectivity index (χ4v) is 1.52. The van der Waals surface area contributed by atoms with Crippen LogP contribution in [0.2, 0.25) is 0 Å². The van der Waals surface area contributed by atoms with Crippen molar-refractivity contribution in [3.05, 3.63) is 0 Å². The van der Waals surface area contributed by atoms with Crippen LogP contribution in [0.1, 0.15) is 26.7 Å². The molecule has 86 valence electrons. The molecule has 0 rings (SSSR count). The van der Waals surface area contributed by atoms with Crippen molar-refractivity contribution in [2.45, 2.75) is 38.0 Å². The van der Waals surface area contributed by atoms with Gasteiger partial charge in [-0.3, -0.25) is 4.55 Å². The summed E-state index contributed by atoms with van der Waals surface area (Å²) in [4.78, 5) is 0. The first kappa shape index (κ1) is 13.7. The number of rotatable bonds is 5. The Morgan fingerprint density at radius 1 is 1.43 bits per heavy atom. The zero-order valence-corrected chi connectivity index (χ0v) is 8.89. The standard InChI is InChI=1S/C7H15F2NO3S/c1-5(2)3-6(10)4-7(8,9)14(11,12)13/h5-6H,3-4,10H2,1-2H3,(H,11,12,13)/t6-/m1/s1. The van der Waals surface area contributed by atoms with Gasteiger partial charge in [-0.2, -0.15) is 17.2 Å². The number of halogens is 2. The van der Waals surface area contributed by atoms with E-state index in [1.807, 2.05) is 0 Å². The lowest BCUT2D eigenvalue weighted by Crippen LogP contribution is -2.36. The lowest BCUT2D eigenvalue weighted by molar-refractivity contribution is 0.0616. The molecule has 0 unspecified atom stereocenters. The molecule has 0 radical (unpaired) electrons. The van der Waals surface area contributed by atoms with E-state index in [1.54, 1.807) is 13.8 Å². The minimum atomic E-state index is -5.35. The first-order chi connectivity index (χ1) is 6.06. The quantitative estimate of drug-likeness (QED) is 0.697. The molecule has 0 amide bonds. The molecule has 1 atom stereocenters. The Morgan fingerprint density at radius 2 is 1.86 bits per heavy atom. The molecule has 3 N–H and O–H groups in total. The molecule has 0 aliphatic rings. The number of hydrogen-bond acceptors (Lipinski definition) is 3. The van der Waals surface area contributed by atoms with Crippen LogP contribution in [0.4, 0.5) is 8.78 Å². The van der Waals surface area contributed by atoms with Crippen molar-refractivity contribution in [1.29, 1.82) is 0 Å². The van der Waals surface area contributed by atoms with Crippen molar-refractivity contribution < 1.29 is 21.8 Å². The van der Waals surface area contributed by atoms with E-state index < -0.39 is 27.8 Å². The highest BCUT2D eigenvalue weighted by molar-refractivity contribution is 7.86. The summed E-state index contributed by atoms with van der Waals surface area (Å²) >= 11 is 0. The second-order valence-electron chi connectivity index (χ2n) is 3.71. The van der Waals surface area contributed by atoms with Crippen molar-refractivity contribution >= 4 is 10.1 Å². The van der Waals surface area contributed by atoms with Crippen LogP contribution < -0.4 is 5.73 Å². The highest BCUT2D eigenvalue weighted by Crippen LogP contribution is 2.27. The molecule has 0 aliphatic carbocycles. The van der Waals surface area contributed by atoms with Gasteiger partial charge in [-0.25, -0.2) is 0 Å². The van der Waals surface area contributed by atoms with Gasteiger partial charge < -0.3 is 5.73 Å². The van der Waals surface area contributed by atoms with E-state index in [0.29, 0.717) is 0 Å². The van der Waals surface area contributed by atoms with Gasteiger partial charge in [0, 0.05) is 12.5 Å². The zero-order valence-electron chi connectivity index (χ0n) is 8.07. The Balaban J connectivity index is 4.38. The van der Waals surface area contributed by atoms with Crippen LogP contribution in [0, 0.1) is 5.92 Å². The van der Waals surface area contributed by atoms with Crippen molar-refractivity contribution in [3.8, 4) is 0 Å². The van der Waals surface area contributed by atoms with Crippen molar-refractivity contribution in [2.75, 3.05) is 0 Å². The monoisotopic (exact) mass is 231 g/mol. The molecular weight excluding hydrogens is 216 g/mol. The Bertz CT molecular complexity index is 277. The van der Waals surface area contributed by atoms with Crippen LogP contribution in [0.3, 0.4) is 0 Å². The van der Waals surface area contributed by atoms with E-state index in [4.69, 9.17) is 10.3 Å². The summed E-state index contributed by atoms with van der Waals surface area (Å²) in [5.74, 6) is 0.0993. The predicted molar refractivity (Wildman–Crippen MR) is 48.5 cm³/mol. The fraction of sp³-hybridized carbons (Fsp3) is 1.00. The first-order valence-electron chi connectivity index (χ1n) is 4.16. The maximum atomic E-state index is 12.7. The first-order valence-corrected chi connectivity index (χ1v) is 5.60. The summed E-state index contributed by atoms with van der Waals surface area (Å²) in [6.45, 7) is 3.57. The van der Waals surface area contributed by atoms with Gasteiger partial charge in [0.1, 0.15) is 0 Å². The number of nitrogens with two attached hydrogens (primary N) is 1. The summed E-state index contributed by atoms with van der Waals surface area (Å²) in [5, 5.41) is -4.15. The average molecular weight is 231 g/mol. The van der Waals surface area contributed by atoms with Crippen LogP contribution in [0.15, 0.2) is 0 Å². The third-order valence-electron chi connectivity index (χ3n) is 1.65. The molecule has 0 heterocycles. The van der Waals surface area contributed by atoms with E-state index in [1.165, 1.54) is 0 Å². The Morgan fingerprint density at radius 3 is 2.14 bits per heavy atom. The second kappa shape index (κ2) is 4.50. The van der Waals surface area contributed by atoms with Gasteiger partial charge in [0.2, 0.25) is 0 Å². The second-order valence-corrected chi connectivity index (χ2v) is 5.25. The molecule has 14 heavy (non-hydrogen) atoms. The van der Waals surface area contributed by atoms with Gasteiger partial charge in [0.05, 0.1) is 0 Å². The zero-order chi connectivity index (χ0) is 11.6.